The van der Waals surface area contributed by atoms with Crippen LogP contribution in [0.4, 0.5) is 9.18 Å². The number of hydrogen-bond donors (Lipinski definition) is 2. The number of likely N-dealkylation sites (tertiary alicyclic amines) is 1. The second-order valence-corrected chi connectivity index (χ2v) is 14.6. The molecule has 2 aromatic rings. The quantitative estimate of drug-likeness (QED) is 0.158. The molecule has 0 aliphatic carbocycles. The Bertz CT molecular complexity index is 1580. The third-order valence-electron chi connectivity index (χ3n) is 7.75. The Morgan fingerprint density at radius 2 is 1.62 bits per heavy atom. The summed E-state index contributed by atoms with van der Waals surface area (Å²) in [5, 5.41) is 10.4. The number of benzene rings is 2. The second kappa shape index (κ2) is 15.2. The lowest BCUT2D eigenvalue weighted by molar-refractivity contribution is -0.174. The molecule has 3 aliphatic heterocycles. The summed E-state index contributed by atoms with van der Waals surface area (Å²) in [5.41, 5.74) is 1.16. The normalized spacial score (nSPS) is 22.4. The van der Waals surface area contributed by atoms with Crippen molar-refractivity contribution in [2.24, 2.45) is 11.8 Å². The average molecular weight is 695 g/mol. The Morgan fingerprint density at radius 3 is 2.15 bits per heavy atom. The standard InChI is InChI=1S/C26H33FN2O7S.C6H6O3S/c1-13(2)34-26(33)36-16(5)35-25(32)22-23(14(3)21-20(15(4)30)24(31)29(21)22)37-19-11-28(12-19)10-17-6-8-18(27)9-7-17;7-10(8,9)6-4-2-1-3-5-6/h6-9,13-16,19-21,30H,10-12H2,1-5H3;1-5H,(H,7,8,9)/t14-,15-,16?,20-,21-;/m1./s1. The maximum atomic E-state index is 13.2. The highest BCUT2D eigenvalue weighted by Gasteiger charge is 2.60. The van der Waals surface area contributed by atoms with Gasteiger partial charge in [-0.1, -0.05) is 37.3 Å². The Balaban J connectivity index is 0.000000427. The zero-order valence-electron chi connectivity index (χ0n) is 26.6. The topological polar surface area (TPSA) is 160 Å². The van der Waals surface area contributed by atoms with Crippen LogP contribution >= 0.6 is 11.8 Å². The number of ether oxygens (including phenoxy) is 3. The van der Waals surface area contributed by atoms with Crippen molar-refractivity contribution in [3.05, 3.63) is 76.6 Å². The van der Waals surface area contributed by atoms with Crippen LogP contribution in [0.15, 0.2) is 70.1 Å². The summed E-state index contributed by atoms with van der Waals surface area (Å²) in [4.78, 5) is 42.2. The zero-order chi connectivity index (χ0) is 34.6. The van der Waals surface area contributed by atoms with Crippen LogP contribution in [0.1, 0.15) is 40.2 Å². The first-order chi connectivity index (χ1) is 22.1. The number of thioether (sulfide) groups is 1. The molecule has 3 aliphatic rings. The van der Waals surface area contributed by atoms with Gasteiger partial charge in [0, 0.05) is 42.6 Å². The molecule has 3 heterocycles. The molecule has 2 aromatic carbocycles. The van der Waals surface area contributed by atoms with E-state index >= 15 is 0 Å². The molecule has 2 fully saturated rings. The highest BCUT2D eigenvalue weighted by Crippen LogP contribution is 2.52. The lowest BCUT2D eigenvalue weighted by Crippen LogP contribution is -2.63. The van der Waals surface area contributed by atoms with Gasteiger partial charge in [0.2, 0.25) is 12.2 Å². The lowest BCUT2D eigenvalue weighted by atomic mass is 9.79. The van der Waals surface area contributed by atoms with Crippen molar-refractivity contribution in [3.63, 3.8) is 0 Å². The number of amides is 1. The number of halogens is 1. The van der Waals surface area contributed by atoms with Crippen molar-refractivity contribution in [1.29, 1.82) is 0 Å². The SMILES string of the molecule is CC(C)OC(=O)OC(C)OC(=O)C1=C(SC2CN(Cc3ccc(F)cc3)C2)[C@H](C)[C@@H]2[C@@H]([C@@H](C)O)C(=O)N12.O=S(=O)(O)c1ccccc1. The number of aliphatic hydroxyl groups is 1. The molecule has 5 rings (SSSR count). The first kappa shape index (κ1) is 36.3. The van der Waals surface area contributed by atoms with E-state index in [0.29, 0.717) is 6.54 Å². The van der Waals surface area contributed by atoms with Crippen molar-refractivity contribution in [2.75, 3.05) is 13.1 Å². The van der Waals surface area contributed by atoms with Crippen LogP contribution in [0.5, 0.6) is 0 Å². The summed E-state index contributed by atoms with van der Waals surface area (Å²) in [6.45, 7) is 10.5. The fraction of sp³-hybridized carbons (Fsp3) is 0.469. The molecule has 0 bridgehead atoms. The first-order valence-corrected chi connectivity index (χ1v) is 17.4. The number of β-lactam (4-membered cyclic amide) rings is 1. The number of hydrogen-bond acceptors (Lipinski definition) is 11. The van der Waals surface area contributed by atoms with Crippen molar-refractivity contribution in [3.8, 4) is 0 Å². The van der Waals surface area contributed by atoms with Crippen LogP contribution in [0, 0.1) is 17.7 Å². The van der Waals surface area contributed by atoms with Crippen molar-refractivity contribution in [1.82, 2.24) is 9.80 Å². The van der Waals surface area contributed by atoms with Crippen molar-refractivity contribution < 1.29 is 51.1 Å². The van der Waals surface area contributed by atoms with Crippen molar-refractivity contribution >= 4 is 39.9 Å². The summed E-state index contributed by atoms with van der Waals surface area (Å²) in [6.07, 6.45) is -3.41. The largest absolute Gasteiger partial charge is 0.511 e. The average Bonchev–Trinajstić information content (AvgIpc) is 3.20. The van der Waals surface area contributed by atoms with Crippen LogP contribution in [-0.2, 0) is 40.5 Å². The smallest absolute Gasteiger partial charge is 0.431 e. The summed E-state index contributed by atoms with van der Waals surface area (Å²) in [5.74, 6) is -2.12. The molecule has 0 spiro atoms. The number of aliphatic hydroxyl groups excluding tert-OH is 1. The van der Waals surface area contributed by atoms with Crippen LogP contribution in [0.2, 0.25) is 0 Å². The molecule has 15 heteroatoms. The molecule has 1 amide bonds. The predicted molar refractivity (Wildman–Crippen MR) is 170 cm³/mol. The molecule has 256 valence electrons. The van der Waals surface area contributed by atoms with Gasteiger partial charge in [-0.05, 0) is 50.6 Å². The zero-order valence-corrected chi connectivity index (χ0v) is 28.2. The molecule has 0 saturated carbocycles. The molecule has 0 radical (unpaired) electrons. The van der Waals surface area contributed by atoms with Gasteiger partial charge >= 0.3 is 12.1 Å². The van der Waals surface area contributed by atoms with E-state index in [1.54, 1.807) is 51.1 Å². The van der Waals surface area contributed by atoms with E-state index in [4.69, 9.17) is 18.8 Å². The fourth-order valence-corrected chi connectivity index (χ4v) is 7.68. The molecular formula is C32H39FN2O10S2. The molecule has 12 nitrogen and oxygen atoms in total. The number of fused-ring (bicyclic) bond motifs is 1. The van der Waals surface area contributed by atoms with Gasteiger partial charge in [0.1, 0.15) is 11.5 Å². The van der Waals surface area contributed by atoms with Gasteiger partial charge in [0.25, 0.3) is 10.1 Å². The number of esters is 1. The Labute approximate surface area is 277 Å². The minimum Gasteiger partial charge on any atom is -0.431 e. The Morgan fingerprint density at radius 1 is 1.00 bits per heavy atom. The van der Waals surface area contributed by atoms with E-state index in [0.717, 1.165) is 23.6 Å². The summed E-state index contributed by atoms with van der Waals surface area (Å²) in [7, 11) is -4.00. The summed E-state index contributed by atoms with van der Waals surface area (Å²) >= 11 is 1.54. The van der Waals surface area contributed by atoms with Gasteiger partial charge < -0.3 is 24.2 Å². The van der Waals surface area contributed by atoms with Gasteiger partial charge in [0.05, 0.1) is 29.1 Å². The second-order valence-electron chi connectivity index (χ2n) is 11.8. The summed E-state index contributed by atoms with van der Waals surface area (Å²) in [6, 6.07) is 13.5. The van der Waals surface area contributed by atoms with Gasteiger partial charge in [-0.2, -0.15) is 8.42 Å². The van der Waals surface area contributed by atoms with Crippen LogP contribution in [0.3, 0.4) is 0 Å². The molecule has 2 saturated heterocycles. The maximum Gasteiger partial charge on any atom is 0.511 e. The molecule has 5 atom stereocenters. The molecule has 2 N–H and O–H groups in total. The Kier molecular flexibility index (Phi) is 11.7. The fourth-order valence-electron chi connectivity index (χ4n) is 5.60. The predicted octanol–water partition coefficient (Wildman–Crippen LogP) is 4.20. The maximum absolute atomic E-state index is 13.2. The van der Waals surface area contributed by atoms with Gasteiger partial charge in [-0.25, -0.2) is 14.0 Å². The number of carbonyl (C=O) groups excluding carboxylic acids is 3. The highest BCUT2D eigenvalue weighted by atomic mass is 32.2. The highest BCUT2D eigenvalue weighted by molar-refractivity contribution is 8.03. The molecule has 1 unspecified atom stereocenters. The minimum atomic E-state index is -4.00. The number of carbonyl (C=O) groups is 3. The number of rotatable bonds is 10. The van der Waals surface area contributed by atoms with Crippen LogP contribution < -0.4 is 0 Å². The monoisotopic (exact) mass is 694 g/mol. The first-order valence-electron chi connectivity index (χ1n) is 15.1. The third-order valence-corrected chi connectivity index (χ3v) is 10.1. The minimum absolute atomic E-state index is 0.0741. The molecular weight excluding hydrogens is 655 g/mol. The lowest BCUT2D eigenvalue weighted by Gasteiger charge is -2.46. The third kappa shape index (κ3) is 8.90. The van der Waals surface area contributed by atoms with E-state index in [1.807, 2.05) is 6.92 Å². The molecule has 0 aromatic heterocycles. The number of nitrogens with zero attached hydrogens (tertiary/aromatic N) is 2. The molecule has 47 heavy (non-hydrogen) atoms. The van der Waals surface area contributed by atoms with Crippen molar-refractivity contribution in [2.45, 2.75) is 75.8 Å². The van der Waals surface area contributed by atoms with E-state index in [9.17, 15) is 32.3 Å². The van der Waals surface area contributed by atoms with E-state index < -0.39 is 46.7 Å². The summed E-state index contributed by atoms with van der Waals surface area (Å²) < 4.78 is 57.7. The van der Waals surface area contributed by atoms with E-state index in [-0.39, 0.29) is 39.5 Å². The van der Waals surface area contributed by atoms with Gasteiger partial charge in [-0.3, -0.25) is 14.2 Å². The Hall–Kier alpha value is -3.50. The van der Waals surface area contributed by atoms with E-state index in [1.165, 1.54) is 47.9 Å². The van der Waals surface area contributed by atoms with Gasteiger partial charge in [0.15, 0.2) is 0 Å². The van der Waals surface area contributed by atoms with Gasteiger partial charge in [-0.15, -0.1) is 11.8 Å². The van der Waals surface area contributed by atoms with E-state index in [2.05, 4.69) is 4.90 Å². The van der Waals surface area contributed by atoms with Crippen LogP contribution in [-0.4, -0.2) is 88.8 Å². The van der Waals surface area contributed by atoms with Crippen LogP contribution in [0.25, 0.3) is 0 Å².